The first-order valence-corrected chi connectivity index (χ1v) is 7.85. The van der Waals surface area contributed by atoms with Crippen molar-refractivity contribution in [1.29, 1.82) is 5.26 Å². The van der Waals surface area contributed by atoms with E-state index in [-0.39, 0.29) is 0 Å². The molecular formula is C16H14ClNOS. The number of hydrogen-bond donors (Lipinski definition) is 0. The molecule has 0 aliphatic rings. The lowest BCUT2D eigenvalue weighted by Gasteiger charge is -2.08. The third-order valence-electron chi connectivity index (χ3n) is 3.04. The maximum Gasteiger partial charge on any atom is 0.0992 e. The number of nitrogens with zero attached hydrogens (tertiary/aromatic N) is 1. The molecule has 2 aromatic carbocycles. The summed E-state index contributed by atoms with van der Waals surface area (Å²) < 4.78 is 12.4. The fourth-order valence-electron chi connectivity index (χ4n) is 2.01. The van der Waals surface area contributed by atoms with Crippen molar-refractivity contribution in [1.82, 2.24) is 0 Å². The molecule has 0 radical (unpaired) electrons. The first kappa shape index (κ1) is 14.8. The molecule has 0 saturated carbocycles. The molecular weight excluding hydrogens is 290 g/mol. The summed E-state index contributed by atoms with van der Waals surface area (Å²) in [4.78, 5) is 0.830. The fraction of sp³-hybridized carbons (Fsp3) is 0.188. The SMILES string of the molecule is Cc1ccc(S(=O)Cc2ccc(C#N)cc2Cl)c(C)c1. The molecule has 0 N–H and O–H groups in total. The van der Waals surface area contributed by atoms with Crippen LogP contribution in [0.25, 0.3) is 0 Å². The Morgan fingerprint density at radius 3 is 2.55 bits per heavy atom. The van der Waals surface area contributed by atoms with Crippen LogP contribution in [0.15, 0.2) is 41.3 Å². The quantitative estimate of drug-likeness (QED) is 0.855. The minimum Gasteiger partial charge on any atom is -0.254 e. The topological polar surface area (TPSA) is 40.9 Å². The summed E-state index contributed by atoms with van der Waals surface area (Å²) >= 11 is 6.12. The zero-order valence-electron chi connectivity index (χ0n) is 11.3. The Kier molecular flexibility index (Phi) is 4.59. The van der Waals surface area contributed by atoms with Gasteiger partial charge in [0.1, 0.15) is 0 Å². The summed E-state index contributed by atoms with van der Waals surface area (Å²) in [5.74, 6) is 0.356. The number of aryl methyl sites for hydroxylation is 2. The van der Waals surface area contributed by atoms with Gasteiger partial charge in [0, 0.05) is 9.92 Å². The van der Waals surface area contributed by atoms with Crippen molar-refractivity contribution in [2.24, 2.45) is 0 Å². The molecule has 102 valence electrons. The van der Waals surface area contributed by atoms with E-state index in [4.69, 9.17) is 16.9 Å². The zero-order valence-corrected chi connectivity index (χ0v) is 12.9. The van der Waals surface area contributed by atoms with Crippen LogP contribution in [0.2, 0.25) is 5.02 Å². The summed E-state index contributed by atoms with van der Waals surface area (Å²) in [5, 5.41) is 9.29. The molecule has 2 nitrogen and oxygen atoms in total. The minimum absolute atomic E-state index is 0.356. The van der Waals surface area contributed by atoms with Gasteiger partial charge >= 0.3 is 0 Å². The Morgan fingerprint density at radius 2 is 1.95 bits per heavy atom. The van der Waals surface area contributed by atoms with Gasteiger partial charge in [0.25, 0.3) is 0 Å². The summed E-state index contributed by atoms with van der Waals surface area (Å²) in [6.45, 7) is 3.97. The van der Waals surface area contributed by atoms with E-state index >= 15 is 0 Å². The normalized spacial score (nSPS) is 11.9. The average molecular weight is 304 g/mol. The number of benzene rings is 2. The van der Waals surface area contributed by atoms with E-state index in [1.54, 1.807) is 18.2 Å². The zero-order chi connectivity index (χ0) is 14.7. The summed E-state index contributed by atoms with van der Waals surface area (Å²) in [7, 11) is -1.14. The van der Waals surface area contributed by atoms with Crippen molar-refractivity contribution < 1.29 is 4.21 Å². The molecule has 0 aliphatic carbocycles. The van der Waals surface area contributed by atoms with E-state index in [9.17, 15) is 4.21 Å². The third kappa shape index (κ3) is 3.27. The van der Waals surface area contributed by atoms with Crippen LogP contribution in [-0.2, 0) is 16.6 Å². The van der Waals surface area contributed by atoms with Gasteiger partial charge in [-0.25, -0.2) is 0 Å². The lowest BCUT2D eigenvalue weighted by Crippen LogP contribution is -2.00. The lowest BCUT2D eigenvalue weighted by atomic mass is 10.2. The average Bonchev–Trinajstić information content (AvgIpc) is 2.40. The van der Waals surface area contributed by atoms with E-state index in [1.165, 1.54) is 0 Å². The van der Waals surface area contributed by atoms with Gasteiger partial charge in [-0.3, -0.25) is 4.21 Å². The molecule has 0 amide bonds. The summed E-state index contributed by atoms with van der Waals surface area (Å²) in [6.07, 6.45) is 0. The van der Waals surface area contributed by atoms with Crippen molar-refractivity contribution in [3.63, 3.8) is 0 Å². The van der Waals surface area contributed by atoms with Gasteiger partial charge < -0.3 is 0 Å². The molecule has 2 aromatic rings. The van der Waals surface area contributed by atoms with Gasteiger partial charge in [-0.05, 0) is 43.2 Å². The Hall–Kier alpha value is -1.63. The van der Waals surface area contributed by atoms with Crippen LogP contribution in [0.5, 0.6) is 0 Å². The van der Waals surface area contributed by atoms with Crippen LogP contribution in [0.1, 0.15) is 22.3 Å². The monoisotopic (exact) mass is 303 g/mol. The second-order valence-corrected chi connectivity index (χ2v) is 6.50. The molecule has 0 spiro atoms. The Bertz CT molecular complexity index is 719. The molecule has 0 fully saturated rings. The van der Waals surface area contributed by atoms with Gasteiger partial charge in [-0.1, -0.05) is 35.4 Å². The fourth-order valence-corrected chi connectivity index (χ4v) is 3.66. The molecule has 0 aromatic heterocycles. The van der Waals surface area contributed by atoms with Crippen molar-refractivity contribution >= 4 is 22.4 Å². The van der Waals surface area contributed by atoms with E-state index in [0.29, 0.717) is 16.3 Å². The molecule has 0 saturated heterocycles. The first-order chi connectivity index (χ1) is 9.51. The maximum absolute atomic E-state index is 12.4. The van der Waals surface area contributed by atoms with Crippen molar-refractivity contribution in [3.05, 3.63) is 63.7 Å². The third-order valence-corrected chi connectivity index (χ3v) is 4.92. The smallest absolute Gasteiger partial charge is 0.0992 e. The van der Waals surface area contributed by atoms with Crippen molar-refractivity contribution in [2.45, 2.75) is 24.5 Å². The van der Waals surface area contributed by atoms with Crippen LogP contribution in [0, 0.1) is 25.2 Å². The van der Waals surface area contributed by atoms with Gasteiger partial charge in [0.2, 0.25) is 0 Å². The predicted molar refractivity (Wildman–Crippen MR) is 82.2 cm³/mol. The summed E-state index contributed by atoms with van der Waals surface area (Å²) in [5.41, 5.74) is 3.48. The highest BCUT2D eigenvalue weighted by molar-refractivity contribution is 7.84. The number of halogens is 1. The summed E-state index contributed by atoms with van der Waals surface area (Å²) in [6, 6.07) is 13.0. The lowest BCUT2D eigenvalue weighted by molar-refractivity contribution is 0.682. The van der Waals surface area contributed by atoms with Gasteiger partial charge in [-0.2, -0.15) is 5.26 Å². The minimum atomic E-state index is -1.14. The Morgan fingerprint density at radius 1 is 1.20 bits per heavy atom. The van der Waals surface area contributed by atoms with E-state index < -0.39 is 10.8 Å². The standard InChI is InChI=1S/C16H14ClNOS/c1-11-3-6-16(12(2)7-11)20(19)10-14-5-4-13(9-18)8-15(14)17/h3-8H,10H2,1-2H3. The van der Waals surface area contributed by atoms with Crippen molar-refractivity contribution in [3.8, 4) is 6.07 Å². The molecule has 4 heteroatoms. The van der Waals surface area contributed by atoms with Gasteiger partial charge in [0.15, 0.2) is 0 Å². The highest BCUT2D eigenvalue weighted by atomic mass is 35.5. The van der Waals surface area contributed by atoms with E-state index in [2.05, 4.69) is 0 Å². The highest BCUT2D eigenvalue weighted by Gasteiger charge is 2.11. The predicted octanol–water partition coefficient (Wildman–Crippen LogP) is 4.14. The van der Waals surface area contributed by atoms with Crippen LogP contribution in [0.3, 0.4) is 0 Å². The maximum atomic E-state index is 12.4. The van der Waals surface area contributed by atoms with Gasteiger partial charge in [0.05, 0.1) is 28.2 Å². The highest BCUT2D eigenvalue weighted by Crippen LogP contribution is 2.23. The van der Waals surface area contributed by atoms with Crippen LogP contribution in [0.4, 0.5) is 0 Å². The van der Waals surface area contributed by atoms with Crippen LogP contribution in [-0.4, -0.2) is 4.21 Å². The largest absolute Gasteiger partial charge is 0.254 e. The molecule has 0 bridgehead atoms. The second kappa shape index (κ2) is 6.21. The number of hydrogen-bond acceptors (Lipinski definition) is 2. The van der Waals surface area contributed by atoms with Crippen LogP contribution < -0.4 is 0 Å². The van der Waals surface area contributed by atoms with E-state index in [0.717, 1.165) is 21.6 Å². The Labute approximate surface area is 126 Å². The number of nitriles is 1. The first-order valence-electron chi connectivity index (χ1n) is 6.15. The molecule has 1 unspecified atom stereocenters. The van der Waals surface area contributed by atoms with Crippen LogP contribution >= 0.6 is 11.6 Å². The van der Waals surface area contributed by atoms with E-state index in [1.807, 2.05) is 38.1 Å². The molecule has 0 aliphatic heterocycles. The Balaban J connectivity index is 2.26. The van der Waals surface area contributed by atoms with Gasteiger partial charge in [-0.15, -0.1) is 0 Å². The second-order valence-electron chi connectivity index (χ2n) is 4.68. The number of rotatable bonds is 3. The molecule has 20 heavy (non-hydrogen) atoms. The molecule has 2 rings (SSSR count). The molecule has 0 heterocycles. The van der Waals surface area contributed by atoms with Crippen molar-refractivity contribution in [2.75, 3.05) is 0 Å². The molecule has 1 atom stereocenters.